The minimum atomic E-state index is -0.871. The molecule has 0 saturated heterocycles. The minimum Gasteiger partial charge on any atom is -0.491 e. The van der Waals surface area contributed by atoms with Gasteiger partial charge in [-0.25, -0.2) is 0 Å². The number of fused-ring (bicyclic) bond motifs is 1. The van der Waals surface area contributed by atoms with Crippen molar-refractivity contribution in [3.63, 3.8) is 0 Å². The van der Waals surface area contributed by atoms with Crippen molar-refractivity contribution < 1.29 is 14.3 Å². The van der Waals surface area contributed by atoms with E-state index in [1.54, 1.807) is 6.20 Å². The number of carbonyl (C=O) groups excluding carboxylic acids is 1. The number of benzene rings is 1. The first-order chi connectivity index (χ1) is 12.8. The average molecular weight is 373 g/mol. The third kappa shape index (κ3) is 5.42. The lowest BCUT2D eigenvalue weighted by Gasteiger charge is -2.30. The third-order valence-electron chi connectivity index (χ3n) is 4.29. The molecule has 1 amide bonds. The lowest BCUT2D eigenvalue weighted by Crippen LogP contribution is -2.44. The van der Waals surface area contributed by atoms with Gasteiger partial charge in [0, 0.05) is 18.2 Å². The van der Waals surface area contributed by atoms with Crippen molar-refractivity contribution >= 4 is 22.5 Å². The summed E-state index contributed by atoms with van der Waals surface area (Å²) in [4.78, 5) is 17.5. The number of anilines is 1. The fourth-order valence-corrected chi connectivity index (χ4v) is 3.20. The lowest BCUT2D eigenvalue weighted by atomic mass is 9.93. The first-order valence-corrected chi connectivity index (χ1v) is 9.72. The van der Waals surface area contributed by atoms with Gasteiger partial charge in [0.15, 0.2) is 0 Å². The molecule has 148 valence electrons. The van der Waals surface area contributed by atoms with Crippen molar-refractivity contribution in [2.45, 2.75) is 53.6 Å². The summed E-state index contributed by atoms with van der Waals surface area (Å²) < 4.78 is 11.7. The highest BCUT2D eigenvalue weighted by atomic mass is 16.5. The van der Waals surface area contributed by atoms with Gasteiger partial charge in [-0.05, 0) is 56.4 Å². The molecule has 0 aliphatic rings. The highest BCUT2D eigenvalue weighted by Crippen LogP contribution is 2.32. The molecule has 2 rings (SSSR count). The molecule has 0 aliphatic carbocycles. The molecule has 27 heavy (non-hydrogen) atoms. The van der Waals surface area contributed by atoms with Crippen LogP contribution in [0.25, 0.3) is 10.9 Å². The first-order valence-electron chi connectivity index (χ1n) is 9.72. The number of hydrogen-bond donors (Lipinski definition) is 1. The zero-order valence-corrected chi connectivity index (χ0v) is 17.3. The molecular weight excluding hydrogens is 340 g/mol. The largest absolute Gasteiger partial charge is 0.491 e. The number of rotatable bonds is 9. The van der Waals surface area contributed by atoms with E-state index in [-0.39, 0.29) is 5.91 Å². The number of nitrogens with zero attached hydrogens (tertiary/aromatic N) is 1. The molecule has 2 aromatic rings. The van der Waals surface area contributed by atoms with Gasteiger partial charge in [0.25, 0.3) is 5.91 Å². The van der Waals surface area contributed by atoms with Gasteiger partial charge < -0.3 is 14.8 Å². The van der Waals surface area contributed by atoms with E-state index in [2.05, 4.69) is 38.0 Å². The SMILES string of the molecule is CCO[C@](C)(CC(C)C)C(=O)Nc1ccc(OCC(C)C)c2ncccc12. The van der Waals surface area contributed by atoms with Crippen LogP contribution in [0.2, 0.25) is 0 Å². The molecule has 0 aliphatic heterocycles. The molecule has 1 aromatic carbocycles. The normalized spacial score (nSPS) is 13.8. The molecule has 1 heterocycles. The molecule has 0 saturated carbocycles. The van der Waals surface area contributed by atoms with Crippen LogP contribution >= 0.6 is 0 Å². The second-order valence-corrected chi connectivity index (χ2v) is 7.93. The van der Waals surface area contributed by atoms with Gasteiger partial charge in [-0.15, -0.1) is 0 Å². The highest BCUT2D eigenvalue weighted by molar-refractivity contribution is 6.05. The molecular formula is C22H32N2O3. The van der Waals surface area contributed by atoms with Crippen molar-refractivity contribution in [1.29, 1.82) is 0 Å². The van der Waals surface area contributed by atoms with Crippen LogP contribution < -0.4 is 10.1 Å². The third-order valence-corrected chi connectivity index (χ3v) is 4.29. The zero-order valence-electron chi connectivity index (χ0n) is 17.3. The van der Waals surface area contributed by atoms with E-state index in [0.29, 0.717) is 31.5 Å². The molecule has 5 heteroatoms. The maximum atomic E-state index is 13.0. The average Bonchev–Trinajstić information content (AvgIpc) is 2.60. The van der Waals surface area contributed by atoms with Crippen LogP contribution in [0.5, 0.6) is 5.75 Å². The Morgan fingerprint density at radius 1 is 1.19 bits per heavy atom. The molecule has 5 nitrogen and oxygen atoms in total. The van der Waals surface area contributed by atoms with E-state index in [1.807, 2.05) is 38.1 Å². The van der Waals surface area contributed by atoms with E-state index >= 15 is 0 Å². The van der Waals surface area contributed by atoms with Gasteiger partial charge in [0.05, 0.1) is 12.3 Å². The van der Waals surface area contributed by atoms with Crippen LogP contribution in [0.15, 0.2) is 30.5 Å². The summed E-state index contributed by atoms with van der Waals surface area (Å²) in [5, 5.41) is 3.91. The first kappa shape index (κ1) is 21.2. The molecule has 0 bridgehead atoms. The molecule has 1 aromatic heterocycles. The van der Waals surface area contributed by atoms with Crippen molar-refractivity contribution in [3.05, 3.63) is 30.5 Å². The molecule has 0 radical (unpaired) electrons. The van der Waals surface area contributed by atoms with Crippen LogP contribution in [-0.2, 0) is 9.53 Å². The number of pyridine rings is 1. The fraction of sp³-hybridized carbons (Fsp3) is 0.545. The Balaban J connectivity index is 2.33. The van der Waals surface area contributed by atoms with E-state index in [4.69, 9.17) is 9.47 Å². The topological polar surface area (TPSA) is 60.5 Å². The van der Waals surface area contributed by atoms with Crippen LogP contribution in [0.4, 0.5) is 5.69 Å². The maximum Gasteiger partial charge on any atom is 0.256 e. The zero-order chi connectivity index (χ0) is 20.0. The van der Waals surface area contributed by atoms with Crippen LogP contribution in [0.1, 0.15) is 48.0 Å². The number of nitrogens with one attached hydrogen (secondary N) is 1. The van der Waals surface area contributed by atoms with Gasteiger partial charge >= 0.3 is 0 Å². The van der Waals surface area contributed by atoms with E-state index < -0.39 is 5.60 Å². The van der Waals surface area contributed by atoms with E-state index in [0.717, 1.165) is 22.3 Å². The van der Waals surface area contributed by atoms with Gasteiger partial charge in [0.1, 0.15) is 16.9 Å². The summed E-state index contributed by atoms with van der Waals surface area (Å²) >= 11 is 0. The number of hydrogen-bond acceptors (Lipinski definition) is 4. The number of carbonyl (C=O) groups is 1. The Bertz CT molecular complexity index is 773. The van der Waals surface area contributed by atoms with Crippen LogP contribution in [0.3, 0.4) is 0 Å². The Morgan fingerprint density at radius 2 is 1.93 bits per heavy atom. The summed E-state index contributed by atoms with van der Waals surface area (Å²) in [6, 6.07) is 7.55. The summed E-state index contributed by atoms with van der Waals surface area (Å²) in [5.74, 6) is 1.36. The number of ether oxygens (including phenoxy) is 2. The van der Waals surface area contributed by atoms with Gasteiger partial charge in [-0.2, -0.15) is 0 Å². The Hall–Kier alpha value is -2.14. The Kier molecular flexibility index (Phi) is 7.19. The standard InChI is InChI=1S/C22H32N2O3/c1-7-27-22(6,13-15(2)3)21(25)24-18-10-11-19(26-14-16(4)5)20-17(18)9-8-12-23-20/h8-12,15-16H,7,13-14H2,1-6H3,(H,24,25)/t22-/m1/s1. The van der Waals surface area contributed by atoms with Crippen LogP contribution in [-0.4, -0.2) is 29.7 Å². The van der Waals surface area contributed by atoms with Crippen molar-refractivity contribution in [3.8, 4) is 5.75 Å². The summed E-state index contributed by atoms with van der Waals surface area (Å²) in [6.45, 7) is 13.3. The summed E-state index contributed by atoms with van der Waals surface area (Å²) in [6.07, 6.45) is 2.39. The van der Waals surface area contributed by atoms with Crippen molar-refractivity contribution in [2.75, 3.05) is 18.5 Å². The van der Waals surface area contributed by atoms with Gasteiger partial charge in [0.2, 0.25) is 0 Å². The van der Waals surface area contributed by atoms with E-state index in [1.165, 1.54) is 0 Å². The van der Waals surface area contributed by atoms with Crippen molar-refractivity contribution in [1.82, 2.24) is 4.98 Å². The van der Waals surface area contributed by atoms with Crippen molar-refractivity contribution in [2.24, 2.45) is 11.8 Å². The maximum absolute atomic E-state index is 13.0. The number of amides is 1. The van der Waals surface area contributed by atoms with E-state index in [9.17, 15) is 4.79 Å². The molecule has 0 unspecified atom stereocenters. The predicted octanol–water partition coefficient (Wildman–Crippen LogP) is 5.05. The number of aromatic nitrogens is 1. The molecule has 0 fully saturated rings. The molecule has 0 spiro atoms. The van der Waals surface area contributed by atoms with Gasteiger partial charge in [-0.3, -0.25) is 9.78 Å². The predicted molar refractivity (Wildman–Crippen MR) is 110 cm³/mol. The highest BCUT2D eigenvalue weighted by Gasteiger charge is 2.35. The fourth-order valence-electron chi connectivity index (χ4n) is 3.20. The summed E-state index contributed by atoms with van der Waals surface area (Å²) in [7, 11) is 0. The summed E-state index contributed by atoms with van der Waals surface area (Å²) in [5.41, 5.74) is 0.595. The Morgan fingerprint density at radius 3 is 2.56 bits per heavy atom. The van der Waals surface area contributed by atoms with Crippen LogP contribution in [0, 0.1) is 11.8 Å². The van der Waals surface area contributed by atoms with Gasteiger partial charge in [-0.1, -0.05) is 27.7 Å². The second kappa shape index (κ2) is 9.18. The Labute approximate surface area is 162 Å². The smallest absolute Gasteiger partial charge is 0.256 e. The quantitative estimate of drug-likeness (QED) is 0.669. The monoisotopic (exact) mass is 372 g/mol. The second-order valence-electron chi connectivity index (χ2n) is 7.93. The lowest BCUT2D eigenvalue weighted by molar-refractivity contribution is -0.140. The molecule has 1 N–H and O–H groups in total. The molecule has 1 atom stereocenters. The minimum absolute atomic E-state index is 0.140.